The van der Waals surface area contributed by atoms with E-state index in [4.69, 9.17) is 15.9 Å². The number of oxime groups is 1. The van der Waals surface area contributed by atoms with E-state index in [1.165, 1.54) is 5.56 Å². The average molecular weight is 271 g/mol. The molecule has 0 unspecified atom stereocenters. The lowest BCUT2D eigenvalue weighted by Gasteiger charge is -2.18. The minimum absolute atomic E-state index is 0.0639. The van der Waals surface area contributed by atoms with Crippen LogP contribution >= 0.6 is 0 Å². The van der Waals surface area contributed by atoms with Crippen molar-refractivity contribution in [1.29, 1.82) is 0 Å². The van der Waals surface area contributed by atoms with E-state index in [2.05, 4.69) is 10.3 Å². The van der Waals surface area contributed by atoms with Gasteiger partial charge in [-0.2, -0.15) is 5.10 Å². The zero-order valence-corrected chi connectivity index (χ0v) is 11.4. The van der Waals surface area contributed by atoms with Gasteiger partial charge in [0.2, 0.25) is 0 Å². The van der Waals surface area contributed by atoms with E-state index >= 15 is 0 Å². The summed E-state index contributed by atoms with van der Waals surface area (Å²) in [5.74, 6) is 0.683. The highest BCUT2D eigenvalue weighted by atomic mass is 16.4. The molecule has 2 heterocycles. The van der Waals surface area contributed by atoms with Crippen molar-refractivity contribution in [3.8, 4) is 5.82 Å². The summed E-state index contributed by atoms with van der Waals surface area (Å²) in [6.07, 6.45) is 6.11. The molecule has 6 nitrogen and oxygen atoms in total. The van der Waals surface area contributed by atoms with Crippen molar-refractivity contribution < 1.29 is 5.21 Å². The van der Waals surface area contributed by atoms with Crippen LogP contribution in [0, 0.1) is 6.92 Å². The molecule has 0 saturated carbocycles. The van der Waals surface area contributed by atoms with E-state index in [9.17, 15) is 0 Å². The molecule has 20 heavy (non-hydrogen) atoms. The van der Waals surface area contributed by atoms with Gasteiger partial charge in [-0.15, -0.1) is 0 Å². The van der Waals surface area contributed by atoms with Crippen molar-refractivity contribution in [1.82, 2.24) is 14.8 Å². The van der Waals surface area contributed by atoms with Crippen molar-refractivity contribution in [3.63, 3.8) is 0 Å². The van der Waals surface area contributed by atoms with Crippen LogP contribution in [0.25, 0.3) is 5.82 Å². The molecule has 104 valence electrons. The van der Waals surface area contributed by atoms with E-state index in [0.29, 0.717) is 11.4 Å². The first-order chi connectivity index (χ1) is 9.69. The van der Waals surface area contributed by atoms with Crippen LogP contribution in [0.15, 0.2) is 23.5 Å². The first kappa shape index (κ1) is 12.7. The second kappa shape index (κ2) is 4.96. The largest absolute Gasteiger partial charge is 0.409 e. The summed E-state index contributed by atoms with van der Waals surface area (Å²) in [4.78, 5) is 4.69. The van der Waals surface area contributed by atoms with E-state index < -0.39 is 0 Å². The minimum atomic E-state index is 0.0639. The maximum Gasteiger partial charge on any atom is 0.173 e. The molecule has 0 spiro atoms. The number of fused-ring (bicyclic) bond motifs is 1. The first-order valence-corrected chi connectivity index (χ1v) is 6.72. The minimum Gasteiger partial charge on any atom is -0.409 e. The summed E-state index contributed by atoms with van der Waals surface area (Å²) >= 11 is 0. The molecule has 3 rings (SSSR count). The Bertz CT molecular complexity index is 674. The van der Waals surface area contributed by atoms with Crippen molar-refractivity contribution in [2.45, 2.75) is 32.6 Å². The smallest absolute Gasteiger partial charge is 0.173 e. The maximum atomic E-state index is 8.97. The van der Waals surface area contributed by atoms with Gasteiger partial charge in [-0.3, -0.25) is 0 Å². The Morgan fingerprint density at radius 3 is 2.90 bits per heavy atom. The number of rotatable bonds is 2. The molecule has 0 aromatic carbocycles. The molecule has 0 amide bonds. The topological polar surface area (TPSA) is 89.3 Å². The van der Waals surface area contributed by atoms with Gasteiger partial charge in [0.05, 0.1) is 11.3 Å². The summed E-state index contributed by atoms with van der Waals surface area (Å²) in [6, 6.07) is 3.88. The van der Waals surface area contributed by atoms with Crippen LogP contribution in [0.2, 0.25) is 0 Å². The van der Waals surface area contributed by atoms with Gasteiger partial charge >= 0.3 is 0 Å². The molecule has 0 radical (unpaired) electrons. The van der Waals surface area contributed by atoms with Crippen LogP contribution in [-0.4, -0.2) is 25.8 Å². The third-order valence-corrected chi connectivity index (χ3v) is 3.60. The van der Waals surface area contributed by atoms with Gasteiger partial charge in [0.15, 0.2) is 11.7 Å². The van der Waals surface area contributed by atoms with Gasteiger partial charge in [0.1, 0.15) is 0 Å². The normalized spacial score (nSPS) is 15.2. The second-order valence-corrected chi connectivity index (χ2v) is 5.06. The molecule has 6 heteroatoms. The fourth-order valence-corrected chi connectivity index (χ4v) is 2.57. The molecular formula is C14H17N5O. The van der Waals surface area contributed by atoms with Crippen molar-refractivity contribution in [3.05, 3.63) is 40.8 Å². The Morgan fingerprint density at radius 2 is 2.20 bits per heavy atom. The average Bonchev–Trinajstić information content (AvgIpc) is 2.91. The van der Waals surface area contributed by atoms with Gasteiger partial charge in [-0.25, -0.2) is 9.67 Å². The number of pyridine rings is 1. The Morgan fingerprint density at radius 1 is 1.40 bits per heavy atom. The van der Waals surface area contributed by atoms with Crippen LogP contribution in [0.5, 0.6) is 0 Å². The van der Waals surface area contributed by atoms with Crippen LogP contribution < -0.4 is 5.73 Å². The van der Waals surface area contributed by atoms with Gasteiger partial charge in [0, 0.05) is 11.9 Å². The molecule has 0 bridgehead atoms. The van der Waals surface area contributed by atoms with Crippen molar-refractivity contribution >= 4 is 5.84 Å². The summed E-state index contributed by atoms with van der Waals surface area (Å²) in [6.45, 7) is 1.91. The maximum absolute atomic E-state index is 8.97. The van der Waals surface area contributed by atoms with Crippen LogP contribution in [0.3, 0.4) is 0 Å². The van der Waals surface area contributed by atoms with E-state index in [1.54, 1.807) is 4.68 Å². The highest BCUT2D eigenvalue weighted by Gasteiger charge is 2.18. The zero-order chi connectivity index (χ0) is 14.1. The number of nitrogens with zero attached hydrogens (tertiary/aromatic N) is 4. The molecule has 0 atom stereocenters. The van der Waals surface area contributed by atoms with Crippen molar-refractivity contribution in [2.75, 3.05) is 0 Å². The lowest BCUT2D eigenvalue weighted by Crippen LogP contribution is -2.20. The number of nitrogens with two attached hydrogens (primary N) is 1. The zero-order valence-electron chi connectivity index (χ0n) is 11.4. The third kappa shape index (κ3) is 2.13. The van der Waals surface area contributed by atoms with Crippen molar-refractivity contribution in [2.24, 2.45) is 10.9 Å². The molecule has 2 aromatic rings. The predicted octanol–water partition coefficient (Wildman–Crippen LogP) is 1.55. The summed E-state index contributed by atoms with van der Waals surface area (Å²) < 4.78 is 1.68. The molecule has 3 N–H and O–H groups in total. The highest BCUT2D eigenvalue weighted by Crippen LogP contribution is 2.24. The molecular weight excluding hydrogens is 254 g/mol. The fourth-order valence-electron chi connectivity index (χ4n) is 2.57. The summed E-state index contributed by atoms with van der Waals surface area (Å²) in [5.41, 5.74) is 9.59. The lowest BCUT2D eigenvalue weighted by atomic mass is 9.94. The van der Waals surface area contributed by atoms with E-state index in [0.717, 1.165) is 37.1 Å². The quantitative estimate of drug-likeness (QED) is 0.375. The second-order valence-electron chi connectivity index (χ2n) is 5.06. The Labute approximate surface area is 116 Å². The predicted molar refractivity (Wildman–Crippen MR) is 75.2 cm³/mol. The first-order valence-electron chi connectivity index (χ1n) is 6.72. The van der Waals surface area contributed by atoms with Gasteiger partial charge in [0.25, 0.3) is 0 Å². The Hall–Kier alpha value is -2.37. The SMILES string of the molecule is Cc1ccn(-c2nc3c(cc2C(N)=NO)CCCC3)n1. The summed E-state index contributed by atoms with van der Waals surface area (Å²) in [7, 11) is 0. The van der Waals surface area contributed by atoms with E-state index in [-0.39, 0.29) is 5.84 Å². The Balaban J connectivity index is 2.20. The van der Waals surface area contributed by atoms with Crippen LogP contribution in [-0.2, 0) is 12.8 Å². The Kier molecular flexibility index (Phi) is 3.14. The standard InChI is InChI=1S/C14H17N5O/c1-9-6-7-19(17-9)14-11(13(15)18-20)8-10-4-2-3-5-12(10)16-14/h6-8,20H,2-5H2,1H3,(H2,15,18). The molecule has 2 aromatic heterocycles. The van der Waals surface area contributed by atoms with Gasteiger partial charge in [-0.05, 0) is 50.3 Å². The number of aryl methyl sites for hydroxylation is 3. The monoisotopic (exact) mass is 271 g/mol. The van der Waals surface area contributed by atoms with E-state index in [1.807, 2.05) is 25.3 Å². The molecule has 1 aliphatic rings. The van der Waals surface area contributed by atoms with Crippen LogP contribution in [0.1, 0.15) is 35.4 Å². The lowest BCUT2D eigenvalue weighted by molar-refractivity contribution is 0.318. The van der Waals surface area contributed by atoms with Gasteiger partial charge in [-0.1, -0.05) is 5.16 Å². The van der Waals surface area contributed by atoms with Crippen LogP contribution in [0.4, 0.5) is 0 Å². The van der Waals surface area contributed by atoms with Gasteiger partial charge < -0.3 is 10.9 Å². The highest BCUT2D eigenvalue weighted by molar-refractivity contribution is 6.00. The number of hydrogen-bond acceptors (Lipinski definition) is 4. The fraction of sp³-hybridized carbons (Fsp3) is 0.357. The number of amidine groups is 1. The molecule has 0 aliphatic heterocycles. The number of hydrogen-bond donors (Lipinski definition) is 2. The number of aromatic nitrogens is 3. The molecule has 0 fully saturated rings. The molecule has 1 aliphatic carbocycles. The summed E-state index contributed by atoms with van der Waals surface area (Å²) in [5, 5.41) is 16.5. The molecule has 0 saturated heterocycles. The third-order valence-electron chi connectivity index (χ3n) is 3.60.